The lowest BCUT2D eigenvalue weighted by atomic mass is 9.88. The van der Waals surface area contributed by atoms with E-state index in [0.717, 1.165) is 19.4 Å². The quantitative estimate of drug-likeness (QED) is 0.880. The molecule has 6 heteroatoms. The number of aromatic nitrogens is 1. The third-order valence-electron chi connectivity index (χ3n) is 5.70. The summed E-state index contributed by atoms with van der Waals surface area (Å²) in [6.45, 7) is 2.50. The number of hydrogen-bond acceptors (Lipinski definition) is 4. The van der Waals surface area contributed by atoms with Crippen molar-refractivity contribution in [3.63, 3.8) is 0 Å². The van der Waals surface area contributed by atoms with E-state index in [9.17, 15) is 14.7 Å². The van der Waals surface area contributed by atoms with Gasteiger partial charge in [0.1, 0.15) is 0 Å². The number of aliphatic hydroxyl groups excluding tert-OH is 1. The highest BCUT2D eigenvalue weighted by atomic mass is 16.3. The van der Waals surface area contributed by atoms with E-state index in [2.05, 4.69) is 10.3 Å². The zero-order chi connectivity index (χ0) is 16.1. The molecule has 23 heavy (non-hydrogen) atoms. The molecular formula is C17H21N3O3. The van der Waals surface area contributed by atoms with Crippen molar-refractivity contribution in [3.8, 4) is 0 Å². The molecule has 1 aliphatic heterocycles. The topological polar surface area (TPSA) is 82.5 Å². The molecule has 2 bridgehead atoms. The zero-order valence-electron chi connectivity index (χ0n) is 13.1. The van der Waals surface area contributed by atoms with Crippen molar-refractivity contribution >= 4 is 17.5 Å². The molecule has 1 aromatic rings. The zero-order valence-corrected chi connectivity index (χ0v) is 13.1. The summed E-state index contributed by atoms with van der Waals surface area (Å²) < 4.78 is 0. The van der Waals surface area contributed by atoms with Crippen LogP contribution in [0.3, 0.4) is 0 Å². The lowest BCUT2D eigenvalue weighted by Crippen LogP contribution is -2.43. The minimum Gasteiger partial charge on any atom is -0.391 e. The van der Waals surface area contributed by atoms with Gasteiger partial charge in [0.05, 0.1) is 29.6 Å². The number of carbonyl (C=O) groups excluding carboxylic acids is 2. The molecule has 2 heterocycles. The number of amides is 2. The van der Waals surface area contributed by atoms with Crippen LogP contribution in [0.2, 0.25) is 0 Å². The Hall–Kier alpha value is -1.95. The van der Waals surface area contributed by atoms with Crippen LogP contribution >= 0.6 is 0 Å². The van der Waals surface area contributed by atoms with Gasteiger partial charge < -0.3 is 15.3 Å². The van der Waals surface area contributed by atoms with Gasteiger partial charge >= 0.3 is 0 Å². The van der Waals surface area contributed by atoms with Crippen molar-refractivity contribution in [2.75, 3.05) is 11.9 Å². The maximum atomic E-state index is 12.9. The van der Waals surface area contributed by atoms with Gasteiger partial charge in [0.2, 0.25) is 5.91 Å². The van der Waals surface area contributed by atoms with E-state index in [-0.39, 0.29) is 17.9 Å². The predicted molar refractivity (Wildman–Crippen MR) is 83.7 cm³/mol. The van der Waals surface area contributed by atoms with Gasteiger partial charge in [-0.25, -0.2) is 0 Å². The first kappa shape index (κ1) is 14.6. The van der Waals surface area contributed by atoms with Crippen molar-refractivity contribution in [1.82, 2.24) is 9.88 Å². The average Bonchev–Trinajstić information content (AvgIpc) is 3.16. The molecule has 3 aliphatic rings. The van der Waals surface area contributed by atoms with Gasteiger partial charge in [-0.2, -0.15) is 0 Å². The summed E-state index contributed by atoms with van der Waals surface area (Å²) in [5.74, 6) is 1.15. The molecule has 5 atom stereocenters. The summed E-state index contributed by atoms with van der Waals surface area (Å²) in [4.78, 5) is 30.3. The van der Waals surface area contributed by atoms with E-state index in [1.165, 1.54) is 6.20 Å². The number of fused-ring (bicyclic) bond motifs is 1. The lowest BCUT2D eigenvalue weighted by Gasteiger charge is -2.28. The summed E-state index contributed by atoms with van der Waals surface area (Å²) >= 11 is 0. The first-order valence-corrected chi connectivity index (χ1v) is 8.32. The van der Waals surface area contributed by atoms with Crippen LogP contribution in [-0.4, -0.2) is 45.5 Å². The fraction of sp³-hybridized carbons (Fsp3) is 0.588. The Bertz CT molecular complexity index is 660. The Morgan fingerprint density at radius 1 is 1.35 bits per heavy atom. The highest BCUT2D eigenvalue weighted by Crippen LogP contribution is 2.55. The second-order valence-corrected chi connectivity index (χ2v) is 6.96. The van der Waals surface area contributed by atoms with Crippen LogP contribution in [0, 0.1) is 17.8 Å². The Morgan fingerprint density at radius 2 is 2.17 bits per heavy atom. The number of pyridine rings is 1. The van der Waals surface area contributed by atoms with Crippen molar-refractivity contribution in [2.24, 2.45) is 17.8 Å². The number of nitrogens with one attached hydrogen (secondary N) is 1. The predicted octanol–water partition coefficient (Wildman–Crippen LogP) is 1.27. The highest BCUT2D eigenvalue weighted by molar-refractivity contribution is 5.97. The SMILES string of the molecule is CCC(=O)Nc1cncc(C(=O)N2CC3CC4CC3C2C4O)c1. The second kappa shape index (κ2) is 5.30. The molecule has 4 rings (SSSR count). The molecule has 2 aliphatic carbocycles. The van der Waals surface area contributed by atoms with Crippen LogP contribution in [0.15, 0.2) is 18.5 Å². The van der Waals surface area contributed by atoms with Gasteiger partial charge in [0.25, 0.3) is 5.91 Å². The second-order valence-electron chi connectivity index (χ2n) is 6.96. The number of hydrogen-bond donors (Lipinski definition) is 2. The number of anilines is 1. The molecule has 0 spiro atoms. The van der Waals surface area contributed by atoms with Crippen molar-refractivity contribution in [1.29, 1.82) is 0 Å². The molecule has 122 valence electrons. The lowest BCUT2D eigenvalue weighted by molar-refractivity contribution is -0.115. The van der Waals surface area contributed by atoms with Crippen LogP contribution in [0.25, 0.3) is 0 Å². The number of nitrogens with zero attached hydrogens (tertiary/aromatic N) is 2. The molecule has 2 amide bonds. The molecule has 6 nitrogen and oxygen atoms in total. The maximum absolute atomic E-state index is 12.9. The fourth-order valence-electron chi connectivity index (χ4n) is 4.69. The van der Waals surface area contributed by atoms with E-state index >= 15 is 0 Å². The van der Waals surface area contributed by atoms with Gasteiger partial charge in [-0.1, -0.05) is 6.92 Å². The summed E-state index contributed by atoms with van der Waals surface area (Å²) in [6, 6.07) is 1.63. The van der Waals surface area contributed by atoms with Crippen LogP contribution in [0.5, 0.6) is 0 Å². The standard InChI is InChI=1S/C17H21N3O3/c1-2-14(21)19-12-4-10(6-18-7-12)17(23)20-8-11-3-9-5-13(11)15(20)16(9)22/h4,6-7,9,11,13,15-16,22H,2-3,5,8H2,1H3,(H,19,21). The Labute approximate surface area is 134 Å². The van der Waals surface area contributed by atoms with Gasteiger partial charge in [0, 0.05) is 19.2 Å². The van der Waals surface area contributed by atoms with Gasteiger partial charge in [-0.3, -0.25) is 14.6 Å². The Morgan fingerprint density at radius 3 is 2.91 bits per heavy atom. The highest BCUT2D eigenvalue weighted by Gasteiger charge is 2.59. The molecular weight excluding hydrogens is 294 g/mol. The molecule has 2 saturated carbocycles. The minimum atomic E-state index is -0.390. The Kier molecular flexibility index (Phi) is 3.37. The van der Waals surface area contributed by atoms with Gasteiger partial charge in [-0.15, -0.1) is 0 Å². The summed E-state index contributed by atoms with van der Waals surface area (Å²) in [6.07, 6.45) is 5.14. The molecule has 3 fully saturated rings. The van der Waals surface area contributed by atoms with Crippen LogP contribution in [-0.2, 0) is 4.79 Å². The first-order valence-electron chi connectivity index (χ1n) is 8.32. The third kappa shape index (κ3) is 2.24. The van der Waals surface area contributed by atoms with E-state index in [1.54, 1.807) is 19.2 Å². The van der Waals surface area contributed by atoms with Gasteiger partial charge in [-0.05, 0) is 36.7 Å². The van der Waals surface area contributed by atoms with E-state index in [4.69, 9.17) is 0 Å². The van der Waals surface area contributed by atoms with Gasteiger partial charge in [0.15, 0.2) is 0 Å². The number of likely N-dealkylation sites (tertiary alicyclic amines) is 1. The number of rotatable bonds is 3. The fourth-order valence-corrected chi connectivity index (χ4v) is 4.69. The maximum Gasteiger partial charge on any atom is 0.255 e. The van der Waals surface area contributed by atoms with Crippen molar-refractivity contribution < 1.29 is 14.7 Å². The molecule has 1 aromatic heterocycles. The van der Waals surface area contributed by atoms with Crippen molar-refractivity contribution in [2.45, 2.75) is 38.3 Å². The smallest absolute Gasteiger partial charge is 0.255 e. The minimum absolute atomic E-state index is 0.0415. The first-order chi connectivity index (χ1) is 11.1. The van der Waals surface area contributed by atoms with Crippen LogP contribution < -0.4 is 5.32 Å². The monoisotopic (exact) mass is 315 g/mol. The average molecular weight is 315 g/mol. The molecule has 1 saturated heterocycles. The molecule has 5 unspecified atom stereocenters. The largest absolute Gasteiger partial charge is 0.391 e. The van der Waals surface area contributed by atoms with E-state index in [0.29, 0.717) is 35.4 Å². The summed E-state index contributed by atoms with van der Waals surface area (Å²) in [7, 11) is 0. The molecule has 0 radical (unpaired) electrons. The van der Waals surface area contributed by atoms with Crippen LogP contribution in [0.1, 0.15) is 36.5 Å². The summed E-state index contributed by atoms with van der Waals surface area (Å²) in [5.41, 5.74) is 1.01. The van der Waals surface area contributed by atoms with Crippen LogP contribution in [0.4, 0.5) is 5.69 Å². The van der Waals surface area contributed by atoms with E-state index in [1.807, 2.05) is 4.90 Å². The normalized spacial score (nSPS) is 34.0. The Balaban J connectivity index is 1.56. The number of carbonyl (C=O) groups is 2. The third-order valence-corrected chi connectivity index (χ3v) is 5.70. The van der Waals surface area contributed by atoms with Crippen molar-refractivity contribution in [3.05, 3.63) is 24.0 Å². The van der Waals surface area contributed by atoms with E-state index < -0.39 is 6.10 Å². The summed E-state index contributed by atoms with van der Waals surface area (Å²) in [5, 5.41) is 13.1. The molecule has 2 N–H and O–H groups in total. The molecule has 0 aromatic carbocycles. The number of aliphatic hydroxyl groups is 1.